The quantitative estimate of drug-likeness (QED) is 0.368. The Morgan fingerprint density at radius 1 is 1.17 bits per heavy atom. The fourth-order valence-corrected chi connectivity index (χ4v) is 1.78. The number of guanidine groups is 1. The fourth-order valence-electron chi connectivity index (χ4n) is 1.78. The number of hydrogen-bond donors (Lipinski definition) is 3. The zero-order valence-electron chi connectivity index (χ0n) is 14.6. The number of aliphatic imine (C=N–C) groups is 1. The molecular weight excluding hydrogens is 403 g/mol. The van der Waals surface area contributed by atoms with Crippen LogP contribution in [0.3, 0.4) is 0 Å². The van der Waals surface area contributed by atoms with E-state index in [0.29, 0.717) is 24.1 Å². The molecule has 0 saturated heterocycles. The summed E-state index contributed by atoms with van der Waals surface area (Å²) in [7, 11) is 1.63. The van der Waals surface area contributed by atoms with E-state index in [-0.39, 0.29) is 29.9 Å². The molecule has 0 aliphatic heterocycles. The molecule has 1 atom stereocenters. The van der Waals surface area contributed by atoms with Gasteiger partial charge in [-0.2, -0.15) is 0 Å². The Kier molecular flexibility index (Phi) is 10.6. The first-order valence-corrected chi connectivity index (χ1v) is 7.83. The minimum Gasteiger partial charge on any atom is -0.357 e. The van der Waals surface area contributed by atoms with Gasteiger partial charge in [0.15, 0.2) is 5.96 Å². The maximum atomic E-state index is 11.5. The third-order valence-corrected chi connectivity index (χ3v) is 3.57. The van der Waals surface area contributed by atoms with E-state index >= 15 is 0 Å². The highest BCUT2D eigenvalue weighted by atomic mass is 127. The molecule has 1 aromatic carbocycles. The topological polar surface area (TPSA) is 65.5 Å². The average molecular weight is 432 g/mol. The number of nitrogens with one attached hydrogen (secondary N) is 3. The molecule has 0 heterocycles. The van der Waals surface area contributed by atoms with Crippen molar-refractivity contribution in [3.05, 3.63) is 35.4 Å². The molecule has 6 heteroatoms. The average Bonchev–Trinajstić information content (AvgIpc) is 2.52. The molecule has 0 aliphatic rings. The predicted molar refractivity (Wildman–Crippen MR) is 107 cm³/mol. The van der Waals surface area contributed by atoms with E-state index in [1.54, 1.807) is 7.05 Å². The summed E-state index contributed by atoms with van der Waals surface area (Å²) in [6, 6.07) is 7.86. The molecule has 0 aliphatic carbocycles. The Labute approximate surface area is 156 Å². The molecule has 23 heavy (non-hydrogen) atoms. The number of nitrogens with zero attached hydrogens (tertiary/aromatic N) is 1. The first kappa shape index (κ1) is 21.7. The molecule has 0 aromatic heterocycles. The van der Waals surface area contributed by atoms with Gasteiger partial charge in [0.2, 0.25) is 0 Å². The van der Waals surface area contributed by atoms with E-state index in [1.807, 2.05) is 24.3 Å². The SMILES string of the molecule is CCNC(=NCc1ccc(C(=O)NC)cc1)NC(C)C(C)C.I. The normalized spacial score (nSPS) is 12.3. The van der Waals surface area contributed by atoms with E-state index in [4.69, 9.17) is 0 Å². The number of halogens is 1. The molecular formula is C17H29IN4O. The smallest absolute Gasteiger partial charge is 0.251 e. The highest BCUT2D eigenvalue weighted by Crippen LogP contribution is 2.06. The van der Waals surface area contributed by atoms with Crippen LogP contribution in [0.1, 0.15) is 43.6 Å². The van der Waals surface area contributed by atoms with Gasteiger partial charge in [0, 0.05) is 25.2 Å². The van der Waals surface area contributed by atoms with Crippen molar-refractivity contribution in [2.75, 3.05) is 13.6 Å². The molecule has 1 aromatic rings. The second-order valence-corrected chi connectivity index (χ2v) is 5.65. The third kappa shape index (κ3) is 7.67. The van der Waals surface area contributed by atoms with Gasteiger partial charge in [0.05, 0.1) is 6.54 Å². The van der Waals surface area contributed by atoms with E-state index in [0.717, 1.165) is 18.1 Å². The van der Waals surface area contributed by atoms with Crippen molar-refractivity contribution in [3.63, 3.8) is 0 Å². The highest BCUT2D eigenvalue weighted by Gasteiger charge is 2.08. The lowest BCUT2D eigenvalue weighted by Gasteiger charge is -2.20. The van der Waals surface area contributed by atoms with Crippen molar-refractivity contribution >= 4 is 35.8 Å². The molecule has 1 amide bonds. The number of rotatable bonds is 6. The van der Waals surface area contributed by atoms with Gasteiger partial charge in [-0.05, 0) is 37.5 Å². The molecule has 1 rings (SSSR count). The van der Waals surface area contributed by atoms with Crippen LogP contribution in [0.4, 0.5) is 0 Å². The third-order valence-electron chi connectivity index (χ3n) is 3.57. The van der Waals surface area contributed by atoms with Crippen LogP contribution in [0.2, 0.25) is 0 Å². The summed E-state index contributed by atoms with van der Waals surface area (Å²) < 4.78 is 0. The molecule has 0 radical (unpaired) electrons. The molecule has 130 valence electrons. The Balaban J connectivity index is 0.00000484. The number of carbonyl (C=O) groups is 1. The summed E-state index contributed by atoms with van der Waals surface area (Å²) in [5.74, 6) is 1.28. The lowest BCUT2D eigenvalue weighted by atomic mass is 10.1. The van der Waals surface area contributed by atoms with Crippen molar-refractivity contribution in [1.82, 2.24) is 16.0 Å². The van der Waals surface area contributed by atoms with Crippen molar-refractivity contribution in [2.24, 2.45) is 10.9 Å². The Morgan fingerprint density at radius 2 is 1.78 bits per heavy atom. The summed E-state index contributed by atoms with van der Waals surface area (Å²) in [4.78, 5) is 16.1. The molecule has 0 bridgehead atoms. The summed E-state index contributed by atoms with van der Waals surface area (Å²) in [6.07, 6.45) is 0. The van der Waals surface area contributed by atoms with E-state index in [1.165, 1.54) is 0 Å². The van der Waals surface area contributed by atoms with Crippen LogP contribution in [-0.2, 0) is 6.54 Å². The first-order chi connectivity index (χ1) is 10.5. The number of amides is 1. The fraction of sp³-hybridized carbons (Fsp3) is 0.529. The first-order valence-electron chi connectivity index (χ1n) is 7.83. The summed E-state index contributed by atoms with van der Waals surface area (Å²) >= 11 is 0. The van der Waals surface area contributed by atoms with Crippen molar-refractivity contribution in [2.45, 2.75) is 40.3 Å². The zero-order chi connectivity index (χ0) is 16.5. The Hall–Kier alpha value is -1.31. The van der Waals surface area contributed by atoms with Crippen LogP contribution in [0, 0.1) is 5.92 Å². The maximum absolute atomic E-state index is 11.5. The van der Waals surface area contributed by atoms with Crippen LogP contribution in [0.5, 0.6) is 0 Å². The minimum atomic E-state index is -0.0733. The molecule has 0 saturated carbocycles. The Bertz CT molecular complexity index is 500. The van der Waals surface area contributed by atoms with Gasteiger partial charge < -0.3 is 16.0 Å². The van der Waals surface area contributed by atoms with Gasteiger partial charge in [-0.3, -0.25) is 4.79 Å². The summed E-state index contributed by atoms with van der Waals surface area (Å²) in [6.45, 7) is 9.96. The predicted octanol–water partition coefficient (Wildman–Crippen LogP) is 2.76. The maximum Gasteiger partial charge on any atom is 0.251 e. The van der Waals surface area contributed by atoms with Gasteiger partial charge >= 0.3 is 0 Å². The number of hydrogen-bond acceptors (Lipinski definition) is 2. The van der Waals surface area contributed by atoms with Crippen molar-refractivity contribution in [3.8, 4) is 0 Å². The minimum absolute atomic E-state index is 0. The summed E-state index contributed by atoms with van der Waals surface area (Å²) in [5.41, 5.74) is 1.73. The second kappa shape index (κ2) is 11.3. The van der Waals surface area contributed by atoms with Crippen LogP contribution in [0.15, 0.2) is 29.3 Å². The molecule has 5 nitrogen and oxygen atoms in total. The van der Waals surface area contributed by atoms with E-state index in [2.05, 4.69) is 48.6 Å². The van der Waals surface area contributed by atoms with Crippen molar-refractivity contribution < 1.29 is 4.79 Å². The molecule has 3 N–H and O–H groups in total. The van der Waals surface area contributed by atoms with E-state index < -0.39 is 0 Å². The van der Waals surface area contributed by atoms with Gasteiger partial charge in [0.25, 0.3) is 5.91 Å². The highest BCUT2D eigenvalue weighted by molar-refractivity contribution is 14.0. The van der Waals surface area contributed by atoms with Crippen LogP contribution < -0.4 is 16.0 Å². The second-order valence-electron chi connectivity index (χ2n) is 5.65. The van der Waals surface area contributed by atoms with Crippen LogP contribution >= 0.6 is 24.0 Å². The van der Waals surface area contributed by atoms with Gasteiger partial charge in [-0.25, -0.2) is 4.99 Å². The zero-order valence-corrected chi connectivity index (χ0v) is 17.0. The van der Waals surface area contributed by atoms with Crippen molar-refractivity contribution in [1.29, 1.82) is 0 Å². The Morgan fingerprint density at radius 3 is 2.26 bits per heavy atom. The van der Waals surface area contributed by atoms with E-state index in [9.17, 15) is 4.79 Å². The van der Waals surface area contributed by atoms with Crippen LogP contribution in [-0.4, -0.2) is 31.5 Å². The summed E-state index contributed by atoms with van der Waals surface area (Å²) in [5, 5.41) is 9.27. The standard InChI is InChI=1S/C17H28N4O.HI/c1-6-19-17(21-13(4)12(2)3)20-11-14-7-9-15(10-8-14)16(22)18-5;/h7-10,12-13H,6,11H2,1-5H3,(H,18,22)(H2,19,20,21);1H. The monoisotopic (exact) mass is 432 g/mol. The van der Waals surface area contributed by atoms with Gasteiger partial charge in [-0.1, -0.05) is 26.0 Å². The van der Waals surface area contributed by atoms with Crippen LogP contribution in [0.25, 0.3) is 0 Å². The molecule has 1 unspecified atom stereocenters. The number of carbonyl (C=O) groups excluding carboxylic acids is 1. The van der Waals surface area contributed by atoms with Gasteiger partial charge in [-0.15, -0.1) is 24.0 Å². The molecule has 0 spiro atoms. The largest absolute Gasteiger partial charge is 0.357 e. The number of benzene rings is 1. The lowest BCUT2D eigenvalue weighted by Crippen LogP contribution is -2.44. The lowest BCUT2D eigenvalue weighted by molar-refractivity contribution is 0.0963. The molecule has 0 fully saturated rings. The van der Waals surface area contributed by atoms with Gasteiger partial charge in [0.1, 0.15) is 0 Å².